The number of amides is 4. The lowest BCUT2D eigenvalue weighted by molar-refractivity contribution is -0.135. The second-order valence-electron chi connectivity index (χ2n) is 19.1. The molecule has 70 heavy (non-hydrogen) atoms. The third-order valence-electron chi connectivity index (χ3n) is 14.5. The third-order valence-corrected chi connectivity index (χ3v) is 14.5. The van der Waals surface area contributed by atoms with Crippen LogP contribution in [-0.4, -0.2) is 127 Å². The SMILES string of the molecule is CCC1(C(=O)NC(C)C)CCN(c2ccc(-c3cc(-c4cnn(C5CCN(C(=O)CN6CCC(c7ccc(NC8CCC(=O)NC8=O)cc7F)CC6)CC5)c4)cn4ncc(C#N)c34)cn2)CC1.O=CO. The van der Waals surface area contributed by atoms with E-state index in [1.807, 2.05) is 60.3 Å². The highest BCUT2D eigenvalue weighted by Gasteiger charge is 2.40. The van der Waals surface area contributed by atoms with Gasteiger partial charge in [-0.25, -0.2) is 13.9 Å². The van der Waals surface area contributed by atoms with Gasteiger partial charge >= 0.3 is 0 Å². The highest BCUT2D eigenvalue weighted by Crippen LogP contribution is 2.38. The summed E-state index contributed by atoms with van der Waals surface area (Å²) in [5.41, 5.74) is 5.48. The van der Waals surface area contributed by atoms with Crippen molar-refractivity contribution in [2.45, 2.75) is 103 Å². The van der Waals surface area contributed by atoms with Gasteiger partial charge in [0.05, 0.1) is 41.5 Å². The molecule has 1 unspecified atom stereocenters. The minimum absolute atomic E-state index is 0.0393. The number of nitrogens with zero attached hydrogens (tertiary/aromatic N) is 9. The maximum atomic E-state index is 15.3. The maximum absolute atomic E-state index is 15.3. The Labute approximate surface area is 406 Å². The summed E-state index contributed by atoms with van der Waals surface area (Å²) < 4.78 is 19.1. The molecule has 0 bridgehead atoms. The number of nitrogens with one attached hydrogen (secondary N) is 3. The van der Waals surface area contributed by atoms with Crippen LogP contribution in [0.3, 0.4) is 0 Å². The van der Waals surface area contributed by atoms with Crippen LogP contribution < -0.4 is 20.9 Å². The van der Waals surface area contributed by atoms with Crippen molar-refractivity contribution in [1.82, 2.24) is 44.8 Å². The molecule has 4 aromatic heterocycles. The third kappa shape index (κ3) is 10.8. The molecule has 19 heteroatoms. The van der Waals surface area contributed by atoms with Gasteiger partial charge in [0.25, 0.3) is 6.47 Å². The van der Waals surface area contributed by atoms with Gasteiger partial charge in [-0.15, -0.1) is 0 Å². The molecule has 4 N–H and O–H groups in total. The standard InChI is InChI=1S/C50H59FN12O4.CH2O2/c1-4-50(49(67)56-32(2)3)15-21-60(22-16-50)44-9-5-34(26-53-44)41-23-35(29-63-47(41)36(25-52)27-55-63)37-28-54-62(30-37)39-13-19-61(20-14-39)46(65)31-59-17-11-33(12-18-59)40-7-6-38(24-42(40)51)57-43-8-10-45(64)58-48(43)66;2-1-3/h5-7,9,23-24,26-30,32-33,39,43,57H,4,8,10-22,31H2,1-3H3,(H,56,67)(H,58,64,66);1H,(H,2,3). The largest absolute Gasteiger partial charge is 0.483 e. The number of carbonyl (C=O) groups excluding carboxylic acids is 4. The van der Waals surface area contributed by atoms with Crippen LogP contribution in [0, 0.1) is 22.6 Å². The smallest absolute Gasteiger partial charge is 0.290 e. The predicted molar refractivity (Wildman–Crippen MR) is 260 cm³/mol. The topological polar surface area (TPSA) is 223 Å². The fourth-order valence-electron chi connectivity index (χ4n) is 10.4. The van der Waals surface area contributed by atoms with Gasteiger partial charge in [0.2, 0.25) is 23.6 Å². The zero-order valence-electron chi connectivity index (χ0n) is 39.9. The van der Waals surface area contributed by atoms with Gasteiger partial charge in [-0.3, -0.25) is 38.9 Å². The van der Waals surface area contributed by atoms with E-state index in [-0.39, 0.29) is 59.8 Å². The second-order valence-corrected chi connectivity index (χ2v) is 19.1. The Bertz CT molecular complexity index is 2740. The summed E-state index contributed by atoms with van der Waals surface area (Å²) in [6.45, 7) is 10.3. The van der Waals surface area contributed by atoms with E-state index in [9.17, 15) is 24.4 Å². The van der Waals surface area contributed by atoms with Gasteiger partial charge in [-0.1, -0.05) is 13.0 Å². The van der Waals surface area contributed by atoms with Gasteiger partial charge < -0.3 is 25.5 Å². The van der Waals surface area contributed by atoms with Gasteiger partial charge in [0.15, 0.2) is 0 Å². The number of nitriles is 1. The Morgan fingerprint density at radius 3 is 2.33 bits per heavy atom. The Hall–Kier alpha value is -7.20. The summed E-state index contributed by atoms with van der Waals surface area (Å²) in [6.07, 6.45) is 15.2. The van der Waals surface area contributed by atoms with Crippen molar-refractivity contribution in [3.63, 3.8) is 0 Å². The van der Waals surface area contributed by atoms with E-state index in [2.05, 4.69) is 49.9 Å². The number of piperidine rings is 4. The lowest BCUT2D eigenvalue weighted by atomic mass is 9.75. The van der Waals surface area contributed by atoms with E-state index in [1.165, 1.54) is 6.07 Å². The molecule has 4 amide bonds. The normalized spacial score (nSPS) is 19.0. The first-order valence-electron chi connectivity index (χ1n) is 24.3. The van der Waals surface area contributed by atoms with Crippen molar-refractivity contribution in [2.24, 2.45) is 5.41 Å². The molecule has 4 aliphatic heterocycles. The van der Waals surface area contributed by atoms with Gasteiger partial charge in [0, 0.05) is 85.2 Å². The number of aromatic nitrogens is 5. The number of hydrogen-bond acceptors (Lipinski definition) is 12. The molecular weight excluding hydrogens is 896 g/mol. The second kappa shape index (κ2) is 21.6. The van der Waals surface area contributed by atoms with E-state index in [4.69, 9.17) is 20.0 Å². The monoisotopic (exact) mass is 956 g/mol. The van der Waals surface area contributed by atoms with Crippen LogP contribution in [0.15, 0.2) is 67.4 Å². The number of likely N-dealkylation sites (tertiary alicyclic amines) is 2. The maximum Gasteiger partial charge on any atom is 0.290 e. The summed E-state index contributed by atoms with van der Waals surface area (Å²) in [4.78, 5) is 69.9. The Morgan fingerprint density at radius 2 is 1.69 bits per heavy atom. The average molecular weight is 957 g/mol. The number of anilines is 2. The van der Waals surface area contributed by atoms with E-state index in [0.29, 0.717) is 61.5 Å². The van der Waals surface area contributed by atoms with Gasteiger partial charge in [0.1, 0.15) is 23.7 Å². The highest BCUT2D eigenvalue weighted by atomic mass is 19.1. The van der Waals surface area contributed by atoms with Crippen molar-refractivity contribution < 1.29 is 33.5 Å². The summed E-state index contributed by atoms with van der Waals surface area (Å²) in [5, 5.41) is 34.7. The number of halogens is 1. The van der Waals surface area contributed by atoms with Crippen molar-refractivity contribution >= 4 is 47.1 Å². The predicted octanol–water partition coefficient (Wildman–Crippen LogP) is 5.75. The highest BCUT2D eigenvalue weighted by molar-refractivity contribution is 6.01. The summed E-state index contributed by atoms with van der Waals surface area (Å²) in [7, 11) is 0. The molecule has 0 spiro atoms. The molecular formula is C51H61FN12O6. The van der Waals surface area contributed by atoms with E-state index >= 15 is 4.39 Å². The van der Waals surface area contributed by atoms with Crippen molar-refractivity contribution in [3.8, 4) is 28.3 Å². The first-order valence-corrected chi connectivity index (χ1v) is 24.3. The van der Waals surface area contributed by atoms with E-state index in [1.54, 1.807) is 22.8 Å². The van der Waals surface area contributed by atoms with Crippen LogP contribution in [-0.2, 0) is 24.0 Å². The first-order chi connectivity index (χ1) is 33.8. The summed E-state index contributed by atoms with van der Waals surface area (Å²) in [6, 6.07) is 13.1. The minimum atomic E-state index is -0.574. The zero-order chi connectivity index (χ0) is 49.5. The van der Waals surface area contributed by atoms with Crippen LogP contribution in [0.2, 0.25) is 0 Å². The van der Waals surface area contributed by atoms with Crippen molar-refractivity contribution in [3.05, 3.63) is 84.3 Å². The minimum Gasteiger partial charge on any atom is -0.483 e. The molecule has 4 aliphatic rings. The van der Waals surface area contributed by atoms with E-state index < -0.39 is 11.9 Å². The first kappa shape index (κ1) is 49.2. The number of fused-ring (bicyclic) bond motifs is 1. The fraction of sp³-hybridized carbons (Fsp3) is 0.471. The molecule has 4 fully saturated rings. The lowest BCUT2D eigenvalue weighted by Crippen LogP contribution is -2.50. The Kier molecular flexibility index (Phi) is 15.2. The molecule has 368 valence electrons. The zero-order valence-corrected chi connectivity index (χ0v) is 39.9. The van der Waals surface area contributed by atoms with E-state index in [0.717, 1.165) is 86.1 Å². The number of carboxylic acid groups (broad SMARTS) is 1. The van der Waals surface area contributed by atoms with Crippen LogP contribution >= 0.6 is 0 Å². The van der Waals surface area contributed by atoms with Crippen LogP contribution in [0.4, 0.5) is 15.9 Å². The molecule has 18 nitrogen and oxygen atoms in total. The fourth-order valence-corrected chi connectivity index (χ4v) is 10.4. The van der Waals surface area contributed by atoms with Gasteiger partial charge in [-0.05, 0) is 120 Å². The van der Waals surface area contributed by atoms with Crippen LogP contribution in [0.5, 0.6) is 0 Å². The quantitative estimate of drug-likeness (QED) is 0.0865. The van der Waals surface area contributed by atoms with Crippen molar-refractivity contribution in [2.75, 3.05) is 56.0 Å². The number of carbonyl (C=O) groups is 5. The molecule has 0 radical (unpaired) electrons. The number of benzene rings is 1. The molecule has 8 heterocycles. The summed E-state index contributed by atoms with van der Waals surface area (Å²) in [5.74, 6) is 0.132. The molecule has 1 atom stereocenters. The number of hydrogen-bond donors (Lipinski definition) is 4. The average Bonchev–Trinajstić information content (AvgIpc) is 4.04. The van der Waals surface area contributed by atoms with Gasteiger partial charge in [-0.2, -0.15) is 15.5 Å². The molecule has 0 saturated carbocycles. The van der Waals surface area contributed by atoms with Crippen molar-refractivity contribution in [1.29, 1.82) is 5.26 Å². The van der Waals surface area contributed by atoms with Crippen LogP contribution in [0.25, 0.3) is 27.8 Å². The molecule has 0 aliphatic carbocycles. The molecule has 4 saturated heterocycles. The molecule has 1 aromatic carbocycles. The number of rotatable bonds is 12. The number of pyridine rings is 2. The lowest BCUT2D eigenvalue weighted by Gasteiger charge is -2.41. The number of imide groups is 1. The molecule has 9 rings (SSSR count). The molecule has 5 aromatic rings. The van der Waals surface area contributed by atoms with Crippen LogP contribution in [0.1, 0.15) is 102 Å². The Balaban J connectivity index is 0.00000214. The Morgan fingerprint density at radius 1 is 0.943 bits per heavy atom. The summed E-state index contributed by atoms with van der Waals surface area (Å²) >= 11 is 0.